The number of methoxy groups -OCH3 is 1. The molecule has 1 aromatic heterocycles. The lowest BCUT2D eigenvalue weighted by atomic mass is 10.0. The number of carbonyl (C=O) groups is 1. The predicted molar refractivity (Wildman–Crippen MR) is 132 cm³/mol. The lowest BCUT2D eigenvalue weighted by Gasteiger charge is -2.16. The molecule has 174 valence electrons. The maximum absolute atomic E-state index is 13.4. The molecule has 3 aromatic carbocycles. The van der Waals surface area contributed by atoms with Gasteiger partial charge in [0.1, 0.15) is 11.3 Å². The standard InChI is InChI=1S/C28H27NO5/c1-17-14-23-24(15-18(17)2)34-27(21-10-12-22(32-4)13-11-21)28(26(23)31)33-16-25(30)29-19(3)20-8-6-5-7-9-20/h5-15,19H,16H2,1-4H3,(H,29,30). The van der Waals surface area contributed by atoms with E-state index in [1.807, 2.05) is 57.2 Å². The van der Waals surface area contributed by atoms with Crippen molar-refractivity contribution in [2.75, 3.05) is 13.7 Å². The summed E-state index contributed by atoms with van der Waals surface area (Å²) in [6, 6.07) is 20.2. The van der Waals surface area contributed by atoms with Gasteiger partial charge in [-0.15, -0.1) is 0 Å². The Hall–Kier alpha value is -4.06. The fourth-order valence-corrected chi connectivity index (χ4v) is 3.74. The topological polar surface area (TPSA) is 77.8 Å². The van der Waals surface area contributed by atoms with Gasteiger partial charge in [0.25, 0.3) is 5.91 Å². The first-order valence-corrected chi connectivity index (χ1v) is 11.1. The summed E-state index contributed by atoms with van der Waals surface area (Å²) in [4.78, 5) is 26.0. The van der Waals surface area contributed by atoms with Crippen LogP contribution in [0.4, 0.5) is 0 Å². The molecule has 6 heteroatoms. The summed E-state index contributed by atoms with van der Waals surface area (Å²) in [5, 5.41) is 3.31. The molecule has 0 bridgehead atoms. The molecule has 0 aliphatic carbocycles. The normalized spacial score (nSPS) is 11.8. The zero-order valence-corrected chi connectivity index (χ0v) is 19.7. The molecule has 0 saturated heterocycles. The average molecular weight is 458 g/mol. The van der Waals surface area contributed by atoms with Gasteiger partial charge in [0.2, 0.25) is 11.2 Å². The molecule has 0 aliphatic heterocycles. The van der Waals surface area contributed by atoms with Crippen LogP contribution >= 0.6 is 0 Å². The second-order valence-electron chi connectivity index (χ2n) is 8.24. The molecule has 0 saturated carbocycles. The van der Waals surface area contributed by atoms with Crippen molar-refractivity contribution in [2.45, 2.75) is 26.8 Å². The monoisotopic (exact) mass is 457 g/mol. The van der Waals surface area contributed by atoms with Crippen molar-refractivity contribution in [1.82, 2.24) is 5.32 Å². The first kappa shape index (κ1) is 23.1. The number of rotatable bonds is 7. The first-order valence-electron chi connectivity index (χ1n) is 11.1. The summed E-state index contributed by atoms with van der Waals surface area (Å²) in [5.41, 5.74) is 3.75. The molecular formula is C28H27NO5. The summed E-state index contributed by atoms with van der Waals surface area (Å²) in [6.07, 6.45) is 0. The molecule has 0 spiro atoms. The number of aryl methyl sites for hydroxylation is 2. The molecule has 4 rings (SSSR count). The largest absolute Gasteiger partial charge is 0.497 e. The Morgan fingerprint density at radius 2 is 1.68 bits per heavy atom. The van der Waals surface area contributed by atoms with Crippen LogP contribution in [-0.2, 0) is 4.79 Å². The molecule has 1 amide bonds. The molecule has 0 aliphatic rings. The molecule has 34 heavy (non-hydrogen) atoms. The minimum atomic E-state index is -0.336. The third-order valence-corrected chi connectivity index (χ3v) is 5.84. The van der Waals surface area contributed by atoms with Gasteiger partial charge in [-0.3, -0.25) is 9.59 Å². The molecule has 0 radical (unpaired) electrons. The van der Waals surface area contributed by atoms with E-state index >= 15 is 0 Å². The van der Waals surface area contributed by atoms with Crippen molar-refractivity contribution in [3.8, 4) is 22.8 Å². The second kappa shape index (κ2) is 9.83. The number of fused-ring (bicyclic) bond motifs is 1. The number of carbonyl (C=O) groups excluding carboxylic acids is 1. The Morgan fingerprint density at radius 1 is 1.00 bits per heavy atom. The molecule has 1 atom stereocenters. The van der Waals surface area contributed by atoms with Crippen LogP contribution in [0.1, 0.15) is 29.7 Å². The fraction of sp³-hybridized carbons (Fsp3) is 0.214. The van der Waals surface area contributed by atoms with Crippen LogP contribution in [0.15, 0.2) is 75.9 Å². The van der Waals surface area contributed by atoms with Crippen LogP contribution in [0.3, 0.4) is 0 Å². The summed E-state index contributed by atoms with van der Waals surface area (Å²) >= 11 is 0. The Bertz CT molecular complexity index is 1370. The molecule has 6 nitrogen and oxygen atoms in total. The molecular weight excluding hydrogens is 430 g/mol. The average Bonchev–Trinajstić information content (AvgIpc) is 2.85. The lowest BCUT2D eigenvalue weighted by molar-refractivity contribution is -0.123. The number of amides is 1. The number of benzene rings is 3. The van der Waals surface area contributed by atoms with E-state index in [0.717, 1.165) is 16.7 Å². The van der Waals surface area contributed by atoms with Crippen LogP contribution in [0.5, 0.6) is 11.5 Å². The highest BCUT2D eigenvalue weighted by Gasteiger charge is 2.20. The van der Waals surface area contributed by atoms with Crippen LogP contribution in [0, 0.1) is 13.8 Å². The highest BCUT2D eigenvalue weighted by atomic mass is 16.5. The Kier molecular flexibility index (Phi) is 6.68. The van der Waals surface area contributed by atoms with Crippen LogP contribution < -0.4 is 20.2 Å². The van der Waals surface area contributed by atoms with E-state index in [1.54, 1.807) is 37.4 Å². The van der Waals surface area contributed by atoms with Crippen molar-refractivity contribution in [3.05, 3.63) is 93.6 Å². The third kappa shape index (κ3) is 4.81. The summed E-state index contributed by atoms with van der Waals surface area (Å²) in [5.74, 6) is 0.613. The van der Waals surface area contributed by atoms with Crippen LogP contribution in [-0.4, -0.2) is 19.6 Å². The van der Waals surface area contributed by atoms with Gasteiger partial charge in [-0.05, 0) is 73.9 Å². The Morgan fingerprint density at radius 3 is 2.35 bits per heavy atom. The number of hydrogen-bond donors (Lipinski definition) is 1. The first-order chi connectivity index (χ1) is 16.4. The molecule has 1 unspecified atom stereocenters. The fourth-order valence-electron chi connectivity index (χ4n) is 3.74. The van der Waals surface area contributed by atoms with Crippen LogP contribution in [0.25, 0.3) is 22.3 Å². The van der Waals surface area contributed by atoms with Gasteiger partial charge in [0, 0.05) is 5.56 Å². The van der Waals surface area contributed by atoms with Crippen molar-refractivity contribution in [3.63, 3.8) is 0 Å². The maximum Gasteiger partial charge on any atom is 0.258 e. The van der Waals surface area contributed by atoms with E-state index in [0.29, 0.717) is 22.3 Å². The zero-order chi connectivity index (χ0) is 24.2. The molecule has 1 N–H and O–H groups in total. The Labute approximate surface area is 198 Å². The zero-order valence-electron chi connectivity index (χ0n) is 19.7. The van der Waals surface area contributed by atoms with E-state index in [1.165, 1.54) is 0 Å². The second-order valence-corrected chi connectivity index (χ2v) is 8.24. The van der Waals surface area contributed by atoms with E-state index in [9.17, 15) is 9.59 Å². The van der Waals surface area contributed by atoms with Crippen molar-refractivity contribution in [1.29, 1.82) is 0 Å². The minimum absolute atomic E-state index is 0.00318. The smallest absolute Gasteiger partial charge is 0.258 e. The van der Waals surface area contributed by atoms with Gasteiger partial charge in [-0.25, -0.2) is 0 Å². The molecule has 0 fully saturated rings. The summed E-state index contributed by atoms with van der Waals surface area (Å²) in [6.45, 7) is 5.47. The number of nitrogens with one attached hydrogen (secondary N) is 1. The number of ether oxygens (including phenoxy) is 2. The van der Waals surface area contributed by atoms with Crippen molar-refractivity contribution < 1.29 is 18.7 Å². The van der Waals surface area contributed by atoms with Gasteiger partial charge in [-0.2, -0.15) is 0 Å². The van der Waals surface area contributed by atoms with E-state index in [-0.39, 0.29) is 35.5 Å². The third-order valence-electron chi connectivity index (χ3n) is 5.84. The predicted octanol–water partition coefficient (Wildman–Crippen LogP) is 5.34. The highest BCUT2D eigenvalue weighted by molar-refractivity contribution is 5.84. The van der Waals surface area contributed by atoms with E-state index < -0.39 is 0 Å². The van der Waals surface area contributed by atoms with Gasteiger partial charge in [0.15, 0.2) is 12.4 Å². The Balaban J connectivity index is 1.68. The SMILES string of the molecule is COc1ccc(-c2oc3cc(C)c(C)cc3c(=O)c2OCC(=O)NC(C)c2ccccc2)cc1. The lowest BCUT2D eigenvalue weighted by Crippen LogP contribution is -2.32. The van der Waals surface area contributed by atoms with Crippen LogP contribution in [0.2, 0.25) is 0 Å². The van der Waals surface area contributed by atoms with Gasteiger partial charge in [-0.1, -0.05) is 30.3 Å². The van der Waals surface area contributed by atoms with Gasteiger partial charge < -0.3 is 19.2 Å². The molecule has 1 heterocycles. The maximum atomic E-state index is 13.4. The summed E-state index contributed by atoms with van der Waals surface area (Å²) in [7, 11) is 1.58. The van der Waals surface area contributed by atoms with E-state index in [2.05, 4.69) is 5.32 Å². The van der Waals surface area contributed by atoms with Gasteiger partial charge >= 0.3 is 0 Å². The quantitative estimate of drug-likeness (QED) is 0.405. The minimum Gasteiger partial charge on any atom is -0.497 e. The summed E-state index contributed by atoms with van der Waals surface area (Å²) < 4.78 is 17.2. The van der Waals surface area contributed by atoms with E-state index in [4.69, 9.17) is 13.9 Å². The van der Waals surface area contributed by atoms with Crippen molar-refractivity contribution in [2.24, 2.45) is 0 Å². The van der Waals surface area contributed by atoms with Gasteiger partial charge in [0.05, 0.1) is 18.5 Å². The molecule has 4 aromatic rings. The highest BCUT2D eigenvalue weighted by Crippen LogP contribution is 2.32. The number of hydrogen-bond acceptors (Lipinski definition) is 5. The van der Waals surface area contributed by atoms with Crippen molar-refractivity contribution >= 4 is 16.9 Å².